The van der Waals surface area contributed by atoms with Crippen LogP contribution in [-0.4, -0.2) is 10.7 Å². The topological polar surface area (TPSA) is 20.2 Å². The minimum absolute atomic E-state index is 0.0453. The maximum atomic E-state index is 11.1. The lowest BCUT2D eigenvalue weighted by atomic mass is 9.41. The van der Waals surface area contributed by atoms with Gasteiger partial charge >= 0.3 is 0 Å². The first-order chi connectivity index (χ1) is 11.2. The van der Waals surface area contributed by atoms with Crippen LogP contribution in [0.4, 0.5) is 0 Å². The molecule has 1 N–H and O–H groups in total. The van der Waals surface area contributed by atoms with Crippen LogP contribution in [0.2, 0.25) is 0 Å². The normalized spacial score (nSPS) is 55.8. The summed E-state index contributed by atoms with van der Waals surface area (Å²) in [5, 5.41) is 11.1. The molecule has 24 heavy (non-hydrogen) atoms. The fourth-order valence-corrected chi connectivity index (χ4v) is 8.45. The zero-order chi connectivity index (χ0) is 17.4. The monoisotopic (exact) mass is 328 g/mol. The van der Waals surface area contributed by atoms with Crippen molar-refractivity contribution in [3.63, 3.8) is 0 Å². The van der Waals surface area contributed by atoms with Gasteiger partial charge in [0, 0.05) is 5.41 Å². The van der Waals surface area contributed by atoms with Gasteiger partial charge < -0.3 is 5.11 Å². The van der Waals surface area contributed by atoms with Gasteiger partial charge in [-0.2, -0.15) is 0 Å². The quantitative estimate of drug-likeness (QED) is 0.589. The Morgan fingerprint density at radius 3 is 2.29 bits per heavy atom. The van der Waals surface area contributed by atoms with Crippen molar-refractivity contribution in [3.8, 4) is 12.3 Å². The van der Waals surface area contributed by atoms with E-state index in [4.69, 9.17) is 6.42 Å². The molecule has 4 rings (SSSR count). The molecule has 7 atom stereocenters. The SMILES string of the molecule is C#C[C@]1(O)CC[C@@H]2[C@@H]3CC[C@@H]4C(C)(C)CCC[C@]4(C)[C@H]3CC[C@]21C. The molecule has 134 valence electrons. The molecule has 4 aliphatic carbocycles. The summed E-state index contributed by atoms with van der Waals surface area (Å²) >= 11 is 0. The van der Waals surface area contributed by atoms with Gasteiger partial charge in [-0.25, -0.2) is 0 Å². The van der Waals surface area contributed by atoms with Crippen molar-refractivity contribution in [1.82, 2.24) is 0 Å². The summed E-state index contributed by atoms with van der Waals surface area (Å²) in [5.41, 5.74) is 0.124. The molecule has 0 aliphatic heterocycles. The van der Waals surface area contributed by atoms with E-state index in [9.17, 15) is 5.11 Å². The maximum absolute atomic E-state index is 11.1. The molecule has 4 aliphatic rings. The number of hydrogen-bond acceptors (Lipinski definition) is 1. The van der Waals surface area contributed by atoms with E-state index in [-0.39, 0.29) is 5.41 Å². The van der Waals surface area contributed by atoms with Crippen molar-refractivity contribution in [2.75, 3.05) is 0 Å². The van der Waals surface area contributed by atoms with Gasteiger partial charge in [0.2, 0.25) is 0 Å². The molecule has 0 saturated heterocycles. The summed E-state index contributed by atoms with van der Waals surface area (Å²) in [5.74, 6) is 5.98. The van der Waals surface area contributed by atoms with Gasteiger partial charge in [0.15, 0.2) is 0 Å². The van der Waals surface area contributed by atoms with Crippen LogP contribution in [0.1, 0.15) is 85.5 Å². The number of terminal acetylenes is 1. The van der Waals surface area contributed by atoms with Crippen LogP contribution in [0, 0.1) is 52.3 Å². The fourth-order valence-electron chi connectivity index (χ4n) is 8.45. The Labute approximate surface area is 149 Å². The van der Waals surface area contributed by atoms with Crippen molar-refractivity contribution in [2.45, 2.75) is 91.1 Å². The van der Waals surface area contributed by atoms with Crippen molar-refractivity contribution >= 4 is 0 Å². The van der Waals surface area contributed by atoms with Gasteiger partial charge in [-0.1, -0.05) is 40.0 Å². The zero-order valence-electron chi connectivity index (χ0n) is 16.2. The Hall–Kier alpha value is -0.480. The largest absolute Gasteiger partial charge is 0.377 e. The van der Waals surface area contributed by atoms with Crippen LogP contribution in [0.15, 0.2) is 0 Å². The summed E-state index contributed by atoms with van der Waals surface area (Å²) in [6, 6.07) is 0. The standard InChI is InChI=1S/C23H36O/c1-6-23(24)15-11-18-16-8-9-19-20(2,3)12-7-13-21(19,4)17(16)10-14-22(18,23)5/h1,16-19,24H,7-15H2,2-5H3/t16-,17+,18-,19-,21-,22-,23+/m1/s1. The smallest absolute Gasteiger partial charge is 0.130 e. The predicted molar refractivity (Wildman–Crippen MR) is 99.3 cm³/mol. The molecule has 4 fully saturated rings. The van der Waals surface area contributed by atoms with E-state index in [1.807, 2.05) is 0 Å². The maximum Gasteiger partial charge on any atom is 0.130 e. The number of fused-ring (bicyclic) bond motifs is 5. The van der Waals surface area contributed by atoms with E-state index < -0.39 is 5.60 Å². The van der Waals surface area contributed by atoms with E-state index in [2.05, 4.69) is 33.6 Å². The molecule has 1 nitrogen and oxygen atoms in total. The molecule has 0 amide bonds. The van der Waals surface area contributed by atoms with Gasteiger partial charge in [-0.3, -0.25) is 0 Å². The lowest BCUT2D eigenvalue weighted by Gasteiger charge is -2.64. The molecule has 0 aromatic carbocycles. The molecule has 0 unspecified atom stereocenters. The highest BCUT2D eigenvalue weighted by Crippen LogP contribution is 2.70. The van der Waals surface area contributed by atoms with Gasteiger partial charge in [0.25, 0.3) is 0 Å². The minimum atomic E-state index is -0.855. The van der Waals surface area contributed by atoms with Crippen molar-refractivity contribution in [3.05, 3.63) is 0 Å². The Morgan fingerprint density at radius 2 is 1.58 bits per heavy atom. The lowest BCUT2D eigenvalue weighted by molar-refractivity contribution is -0.159. The molecule has 0 aromatic rings. The van der Waals surface area contributed by atoms with Gasteiger partial charge in [-0.15, -0.1) is 6.42 Å². The summed E-state index contributed by atoms with van der Waals surface area (Å²) in [6.45, 7) is 9.98. The van der Waals surface area contributed by atoms with Gasteiger partial charge in [-0.05, 0) is 85.9 Å². The fraction of sp³-hybridized carbons (Fsp3) is 0.913. The average molecular weight is 329 g/mol. The summed E-state index contributed by atoms with van der Waals surface area (Å²) in [4.78, 5) is 0. The molecular weight excluding hydrogens is 292 g/mol. The van der Waals surface area contributed by atoms with Crippen molar-refractivity contribution in [2.24, 2.45) is 39.9 Å². The van der Waals surface area contributed by atoms with Gasteiger partial charge in [0.05, 0.1) is 0 Å². The predicted octanol–water partition coefficient (Wildman–Crippen LogP) is 5.42. The molecule has 1 heteroatoms. The minimum Gasteiger partial charge on any atom is -0.377 e. The Balaban J connectivity index is 1.68. The molecule has 0 radical (unpaired) electrons. The Kier molecular flexibility index (Phi) is 3.56. The van der Waals surface area contributed by atoms with Crippen LogP contribution in [0.5, 0.6) is 0 Å². The molecule has 0 aromatic heterocycles. The number of rotatable bonds is 0. The molecular formula is C23H36O. The van der Waals surface area contributed by atoms with Crippen LogP contribution in [0.25, 0.3) is 0 Å². The molecule has 4 saturated carbocycles. The lowest BCUT2D eigenvalue weighted by Crippen LogP contribution is -2.58. The van der Waals surface area contributed by atoms with E-state index >= 15 is 0 Å². The van der Waals surface area contributed by atoms with E-state index in [1.54, 1.807) is 0 Å². The highest BCUT2D eigenvalue weighted by atomic mass is 16.3. The first-order valence-electron chi connectivity index (χ1n) is 10.4. The molecule has 0 heterocycles. The Bertz CT molecular complexity index is 571. The highest BCUT2D eigenvalue weighted by molar-refractivity contribution is 5.23. The second-order valence-electron chi connectivity index (χ2n) is 10.9. The van der Waals surface area contributed by atoms with Crippen LogP contribution >= 0.6 is 0 Å². The average Bonchev–Trinajstić information content (AvgIpc) is 2.79. The third-order valence-electron chi connectivity index (χ3n) is 9.74. The number of aliphatic hydroxyl groups is 1. The van der Waals surface area contributed by atoms with E-state index in [0.29, 0.717) is 16.7 Å². The first kappa shape index (κ1) is 17.0. The van der Waals surface area contributed by atoms with Crippen molar-refractivity contribution in [1.29, 1.82) is 0 Å². The van der Waals surface area contributed by atoms with Crippen LogP contribution < -0.4 is 0 Å². The molecule has 0 spiro atoms. The third-order valence-corrected chi connectivity index (χ3v) is 9.74. The second kappa shape index (κ2) is 5.03. The third kappa shape index (κ3) is 1.93. The Morgan fingerprint density at radius 1 is 0.875 bits per heavy atom. The van der Waals surface area contributed by atoms with Crippen LogP contribution in [-0.2, 0) is 0 Å². The molecule has 0 bridgehead atoms. The zero-order valence-corrected chi connectivity index (χ0v) is 16.2. The van der Waals surface area contributed by atoms with Crippen LogP contribution in [0.3, 0.4) is 0 Å². The number of hydrogen-bond donors (Lipinski definition) is 1. The highest BCUT2D eigenvalue weighted by Gasteiger charge is 2.65. The first-order valence-corrected chi connectivity index (χ1v) is 10.4. The summed E-state index contributed by atoms with van der Waals surface area (Å²) in [7, 11) is 0. The van der Waals surface area contributed by atoms with E-state index in [1.165, 1.54) is 38.5 Å². The second-order valence-corrected chi connectivity index (χ2v) is 10.9. The van der Waals surface area contributed by atoms with E-state index in [0.717, 1.165) is 37.0 Å². The van der Waals surface area contributed by atoms with Crippen molar-refractivity contribution < 1.29 is 5.11 Å². The summed E-state index contributed by atoms with van der Waals surface area (Å²) < 4.78 is 0. The van der Waals surface area contributed by atoms with Gasteiger partial charge in [0.1, 0.15) is 5.60 Å². The summed E-state index contributed by atoms with van der Waals surface area (Å²) in [6.07, 6.45) is 17.2.